The first-order valence-corrected chi connectivity index (χ1v) is 8.37. The highest BCUT2D eigenvalue weighted by molar-refractivity contribution is 9.10. The fourth-order valence-corrected chi connectivity index (χ4v) is 3.62. The van der Waals surface area contributed by atoms with E-state index in [1.165, 1.54) is 38.4 Å². The molecule has 0 amide bonds. The van der Waals surface area contributed by atoms with E-state index in [0.29, 0.717) is 11.6 Å². The van der Waals surface area contributed by atoms with Crippen LogP contribution in [0.5, 0.6) is 0 Å². The Labute approximate surface area is 135 Å². The minimum absolute atomic E-state index is 0.295. The minimum Gasteiger partial charge on any atom is -0.465 e. The van der Waals surface area contributed by atoms with Gasteiger partial charge in [-0.2, -0.15) is 0 Å². The SMILES string of the molecule is COC(=O)c1ccc(CN(C)C2CCCC(C)C2)c(Br)c1. The molecule has 0 aromatic heterocycles. The van der Waals surface area contributed by atoms with Crippen LogP contribution in [0.25, 0.3) is 0 Å². The van der Waals surface area contributed by atoms with Crippen LogP contribution < -0.4 is 0 Å². The van der Waals surface area contributed by atoms with Gasteiger partial charge < -0.3 is 4.74 Å². The van der Waals surface area contributed by atoms with Crippen molar-refractivity contribution in [1.82, 2.24) is 4.90 Å². The molecule has 2 unspecified atom stereocenters. The molecule has 1 aromatic carbocycles. The van der Waals surface area contributed by atoms with Gasteiger partial charge in [0.05, 0.1) is 12.7 Å². The number of hydrogen-bond donors (Lipinski definition) is 0. The molecule has 4 heteroatoms. The Hall–Kier alpha value is -0.870. The Morgan fingerprint density at radius 2 is 2.19 bits per heavy atom. The monoisotopic (exact) mass is 353 g/mol. The van der Waals surface area contributed by atoms with E-state index in [-0.39, 0.29) is 5.97 Å². The third-order valence-corrected chi connectivity index (χ3v) is 5.16. The number of esters is 1. The lowest BCUT2D eigenvalue weighted by atomic mass is 9.86. The highest BCUT2D eigenvalue weighted by atomic mass is 79.9. The summed E-state index contributed by atoms with van der Waals surface area (Å²) in [5.74, 6) is 0.535. The van der Waals surface area contributed by atoms with Crippen molar-refractivity contribution >= 4 is 21.9 Å². The predicted molar refractivity (Wildman–Crippen MR) is 88.4 cm³/mol. The fraction of sp³-hybridized carbons (Fsp3) is 0.588. The molecule has 0 aliphatic heterocycles. The van der Waals surface area contributed by atoms with Gasteiger partial charge in [0, 0.05) is 17.1 Å². The Balaban J connectivity index is 2.03. The average Bonchev–Trinajstić information content (AvgIpc) is 2.48. The second kappa shape index (κ2) is 7.41. The molecule has 2 atom stereocenters. The van der Waals surface area contributed by atoms with E-state index in [2.05, 4.69) is 34.8 Å². The summed E-state index contributed by atoms with van der Waals surface area (Å²) >= 11 is 3.57. The number of carbonyl (C=O) groups excluding carboxylic acids is 1. The molecule has 0 heterocycles. The van der Waals surface area contributed by atoms with Gasteiger partial charge in [-0.1, -0.05) is 41.8 Å². The zero-order valence-electron chi connectivity index (χ0n) is 13.1. The highest BCUT2D eigenvalue weighted by Crippen LogP contribution is 2.28. The van der Waals surface area contributed by atoms with Crippen molar-refractivity contribution in [2.45, 2.75) is 45.2 Å². The summed E-state index contributed by atoms with van der Waals surface area (Å²) in [6, 6.07) is 6.36. The molecule has 0 radical (unpaired) electrons. The zero-order chi connectivity index (χ0) is 15.4. The van der Waals surface area contributed by atoms with Crippen LogP contribution in [0.4, 0.5) is 0 Å². The molecule has 0 bridgehead atoms. The third kappa shape index (κ3) is 4.30. The molecular weight excluding hydrogens is 330 g/mol. The first-order chi connectivity index (χ1) is 10.0. The molecule has 0 saturated heterocycles. The summed E-state index contributed by atoms with van der Waals surface area (Å²) in [5, 5.41) is 0. The number of halogens is 1. The van der Waals surface area contributed by atoms with Crippen LogP contribution in [-0.4, -0.2) is 31.1 Å². The lowest BCUT2D eigenvalue weighted by molar-refractivity contribution is 0.0600. The number of benzene rings is 1. The van der Waals surface area contributed by atoms with E-state index in [4.69, 9.17) is 4.74 Å². The van der Waals surface area contributed by atoms with Crippen molar-refractivity contribution < 1.29 is 9.53 Å². The summed E-state index contributed by atoms with van der Waals surface area (Å²) in [7, 11) is 3.60. The Morgan fingerprint density at radius 3 is 2.81 bits per heavy atom. The van der Waals surface area contributed by atoms with E-state index in [1.807, 2.05) is 18.2 Å². The summed E-state index contributed by atoms with van der Waals surface area (Å²) < 4.78 is 5.72. The van der Waals surface area contributed by atoms with Gasteiger partial charge in [0.1, 0.15) is 0 Å². The van der Waals surface area contributed by atoms with Gasteiger partial charge in [0.15, 0.2) is 0 Å². The van der Waals surface area contributed by atoms with Crippen LogP contribution in [0.2, 0.25) is 0 Å². The van der Waals surface area contributed by atoms with E-state index in [0.717, 1.165) is 16.9 Å². The molecule has 1 saturated carbocycles. The van der Waals surface area contributed by atoms with Gasteiger partial charge in [-0.3, -0.25) is 4.90 Å². The second-order valence-corrected chi connectivity index (χ2v) is 6.99. The Bertz CT molecular complexity index is 504. The van der Waals surface area contributed by atoms with Gasteiger partial charge in [-0.25, -0.2) is 4.79 Å². The van der Waals surface area contributed by atoms with Crippen LogP contribution in [0.3, 0.4) is 0 Å². The molecular formula is C17H24BrNO2. The summed E-state index contributed by atoms with van der Waals surface area (Å²) in [6.45, 7) is 3.25. The van der Waals surface area contributed by atoms with Gasteiger partial charge in [-0.15, -0.1) is 0 Å². The number of ether oxygens (including phenoxy) is 1. The van der Waals surface area contributed by atoms with Crippen molar-refractivity contribution in [3.05, 3.63) is 33.8 Å². The maximum atomic E-state index is 11.5. The number of hydrogen-bond acceptors (Lipinski definition) is 3. The highest BCUT2D eigenvalue weighted by Gasteiger charge is 2.22. The van der Waals surface area contributed by atoms with E-state index < -0.39 is 0 Å². The molecule has 1 aliphatic carbocycles. The maximum absolute atomic E-state index is 11.5. The average molecular weight is 354 g/mol. The van der Waals surface area contributed by atoms with Gasteiger partial charge in [0.2, 0.25) is 0 Å². The first-order valence-electron chi connectivity index (χ1n) is 7.58. The van der Waals surface area contributed by atoms with Crippen molar-refractivity contribution in [1.29, 1.82) is 0 Å². The van der Waals surface area contributed by atoms with Crippen molar-refractivity contribution in [2.75, 3.05) is 14.2 Å². The number of nitrogens with zero attached hydrogens (tertiary/aromatic N) is 1. The van der Waals surface area contributed by atoms with Gasteiger partial charge >= 0.3 is 5.97 Å². The molecule has 116 valence electrons. The smallest absolute Gasteiger partial charge is 0.337 e. The topological polar surface area (TPSA) is 29.5 Å². The third-order valence-electron chi connectivity index (χ3n) is 4.43. The Morgan fingerprint density at radius 1 is 1.43 bits per heavy atom. The van der Waals surface area contributed by atoms with Gasteiger partial charge in [0.25, 0.3) is 0 Å². The minimum atomic E-state index is -0.295. The van der Waals surface area contributed by atoms with Crippen LogP contribution >= 0.6 is 15.9 Å². The number of methoxy groups -OCH3 is 1. The molecule has 1 fully saturated rings. The van der Waals surface area contributed by atoms with E-state index >= 15 is 0 Å². The molecule has 21 heavy (non-hydrogen) atoms. The normalized spacial score (nSPS) is 22.3. The second-order valence-electron chi connectivity index (χ2n) is 6.14. The van der Waals surface area contributed by atoms with Crippen LogP contribution in [0, 0.1) is 5.92 Å². The van der Waals surface area contributed by atoms with Crippen LogP contribution in [0.1, 0.15) is 48.5 Å². The van der Waals surface area contributed by atoms with Gasteiger partial charge in [-0.05, 0) is 43.5 Å². The largest absolute Gasteiger partial charge is 0.465 e. The summed E-state index contributed by atoms with van der Waals surface area (Å²) in [6.07, 6.45) is 5.27. The van der Waals surface area contributed by atoms with Crippen molar-refractivity contribution in [3.8, 4) is 0 Å². The first kappa shape index (κ1) is 16.5. The zero-order valence-corrected chi connectivity index (χ0v) is 14.6. The molecule has 0 spiro atoms. The number of rotatable bonds is 4. The molecule has 1 aliphatic rings. The molecule has 0 N–H and O–H groups in total. The fourth-order valence-electron chi connectivity index (χ4n) is 3.12. The van der Waals surface area contributed by atoms with Crippen molar-refractivity contribution in [2.24, 2.45) is 5.92 Å². The molecule has 1 aromatic rings. The number of carbonyl (C=O) groups is 1. The predicted octanol–water partition coefficient (Wildman–Crippen LogP) is 4.25. The molecule has 2 rings (SSSR count). The summed E-state index contributed by atoms with van der Waals surface area (Å²) in [5.41, 5.74) is 1.80. The summed E-state index contributed by atoms with van der Waals surface area (Å²) in [4.78, 5) is 14.0. The lowest BCUT2D eigenvalue weighted by Gasteiger charge is -2.34. The standard InChI is InChI=1S/C17H24BrNO2/c1-12-5-4-6-15(9-12)19(2)11-14-8-7-13(10-16(14)18)17(20)21-3/h7-8,10,12,15H,4-6,9,11H2,1-3H3. The molecule has 3 nitrogen and oxygen atoms in total. The van der Waals surface area contributed by atoms with Crippen molar-refractivity contribution in [3.63, 3.8) is 0 Å². The Kier molecular flexibility index (Phi) is 5.82. The van der Waals surface area contributed by atoms with E-state index in [1.54, 1.807) is 0 Å². The van der Waals surface area contributed by atoms with Crippen LogP contribution in [0.15, 0.2) is 22.7 Å². The van der Waals surface area contributed by atoms with E-state index in [9.17, 15) is 4.79 Å². The maximum Gasteiger partial charge on any atom is 0.337 e. The van der Waals surface area contributed by atoms with Crippen LogP contribution in [-0.2, 0) is 11.3 Å². The quantitative estimate of drug-likeness (QED) is 0.758. The lowest BCUT2D eigenvalue weighted by Crippen LogP contribution is -2.35.